The number of fused-ring (bicyclic) bond motifs is 3. The maximum absolute atomic E-state index is 12.7. The lowest BCUT2D eigenvalue weighted by atomic mass is 10.2. The van der Waals surface area contributed by atoms with Crippen LogP contribution in [0.4, 0.5) is 5.82 Å². The number of aromatic amines is 1. The van der Waals surface area contributed by atoms with Crippen molar-refractivity contribution in [2.75, 3.05) is 24.6 Å². The third-order valence-corrected chi connectivity index (χ3v) is 7.21. The van der Waals surface area contributed by atoms with Crippen molar-refractivity contribution < 1.29 is 13.2 Å². The van der Waals surface area contributed by atoms with Gasteiger partial charge < -0.3 is 14.6 Å². The molecule has 3 heterocycles. The molecular formula is C19H23N5O3S. The molecule has 2 aliphatic rings. The first-order valence-electron chi connectivity index (χ1n) is 9.52. The molecule has 1 aliphatic carbocycles. The number of nitrogens with one attached hydrogen (secondary N) is 2. The molecule has 2 fully saturated rings. The Morgan fingerprint density at radius 2 is 2.14 bits per heavy atom. The Balaban J connectivity index is 1.60. The van der Waals surface area contributed by atoms with Crippen molar-refractivity contribution in [2.45, 2.75) is 43.2 Å². The Morgan fingerprint density at radius 1 is 1.32 bits per heavy atom. The second-order valence-electron chi connectivity index (χ2n) is 8.05. The fraction of sp³-hybridized carbons (Fsp3) is 0.474. The van der Waals surface area contributed by atoms with Crippen LogP contribution in [0.2, 0.25) is 0 Å². The number of aromatic nitrogens is 3. The first kappa shape index (κ1) is 17.8. The van der Waals surface area contributed by atoms with Gasteiger partial charge >= 0.3 is 0 Å². The molecule has 1 saturated heterocycles. The third kappa shape index (κ3) is 3.03. The summed E-state index contributed by atoms with van der Waals surface area (Å²) in [6.45, 7) is 6.15. The number of sulfonamides is 1. The lowest BCUT2D eigenvalue weighted by Gasteiger charge is -2.32. The van der Waals surface area contributed by atoms with Gasteiger partial charge in [0.1, 0.15) is 17.8 Å². The molecule has 0 bridgehead atoms. The van der Waals surface area contributed by atoms with Crippen LogP contribution in [0.3, 0.4) is 0 Å². The van der Waals surface area contributed by atoms with E-state index in [1.54, 1.807) is 18.5 Å². The van der Waals surface area contributed by atoms with Crippen LogP contribution in [0.5, 0.6) is 0 Å². The van der Waals surface area contributed by atoms with Gasteiger partial charge in [-0.1, -0.05) is 6.07 Å². The molecule has 0 spiro atoms. The summed E-state index contributed by atoms with van der Waals surface area (Å²) in [5, 5.41) is 1.83. The minimum absolute atomic E-state index is 0.135. The zero-order chi connectivity index (χ0) is 19.5. The van der Waals surface area contributed by atoms with Gasteiger partial charge in [-0.3, -0.25) is 0 Å². The van der Waals surface area contributed by atoms with E-state index in [-0.39, 0.29) is 16.5 Å². The van der Waals surface area contributed by atoms with Gasteiger partial charge in [0.2, 0.25) is 10.0 Å². The number of hydrogen-bond acceptors (Lipinski definition) is 6. The van der Waals surface area contributed by atoms with Gasteiger partial charge in [0.15, 0.2) is 0 Å². The highest BCUT2D eigenvalue weighted by Gasteiger charge is 2.41. The molecule has 0 radical (unpaired) electrons. The number of anilines is 1. The normalized spacial score (nSPS) is 22.1. The Hall–Kier alpha value is -2.23. The van der Waals surface area contributed by atoms with E-state index in [0.717, 1.165) is 48.0 Å². The van der Waals surface area contributed by atoms with Crippen LogP contribution in [-0.4, -0.2) is 54.7 Å². The molecular weight excluding hydrogens is 378 g/mol. The third-order valence-electron chi connectivity index (χ3n) is 5.57. The summed E-state index contributed by atoms with van der Waals surface area (Å²) in [5.74, 6) is 0.852. The lowest BCUT2D eigenvalue weighted by Crippen LogP contribution is -2.41. The van der Waals surface area contributed by atoms with E-state index in [0.29, 0.717) is 12.3 Å². The van der Waals surface area contributed by atoms with Crippen LogP contribution < -0.4 is 9.62 Å². The topological polar surface area (TPSA) is 100 Å². The Bertz CT molecular complexity index is 1170. The van der Waals surface area contributed by atoms with E-state index in [9.17, 15) is 8.42 Å². The van der Waals surface area contributed by atoms with Crippen molar-refractivity contribution in [3.8, 4) is 0 Å². The summed E-state index contributed by atoms with van der Waals surface area (Å²) in [6, 6.07) is 5.17. The highest BCUT2D eigenvalue weighted by molar-refractivity contribution is 7.89. The number of H-pyrrole nitrogens is 1. The van der Waals surface area contributed by atoms with Crippen molar-refractivity contribution >= 4 is 37.8 Å². The van der Waals surface area contributed by atoms with Crippen LogP contribution in [-0.2, 0) is 14.8 Å². The van der Waals surface area contributed by atoms with Gasteiger partial charge in [-0.2, -0.15) is 0 Å². The fourth-order valence-corrected chi connectivity index (χ4v) is 5.27. The molecule has 1 saturated carbocycles. The molecule has 8 nitrogen and oxygen atoms in total. The van der Waals surface area contributed by atoms with E-state index >= 15 is 0 Å². The summed E-state index contributed by atoms with van der Waals surface area (Å²) >= 11 is 0. The number of rotatable bonds is 4. The van der Waals surface area contributed by atoms with Crippen molar-refractivity contribution in [1.29, 1.82) is 0 Å². The largest absolute Gasteiger partial charge is 0.375 e. The molecule has 0 amide bonds. The van der Waals surface area contributed by atoms with E-state index in [1.807, 2.05) is 19.9 Å². The van der Waals surface area contributed by atoms with Crippen LogP contribution in [0.25, 0.3) is 21.9 Å². The van der Waals surface area contributed by atoms with E-state index in [2.05, 4.69) is 24.6 Å². The fourth-order valence-electron chi connectivity index (χ4n) is 3.78. The van der Waals surface area contributed by atoms with Crippen LogP contribution in [0, 0.1) is 0 Å². The molecule has 3 aromatic rings. The van der Waals surface area contributed by atoms with Gasteiger partial charge in [-0.15, -0.1) is 0 Å². The maximum atomic E-state index is 12.7. The average molecular weight is 401 g/mol. The molecule has 1 atom stereocenters. The summed E-state index contributed by atoms with van der Waals surface area (Å²) in [7, 11) is -3.56. The van der Waals surface area contributed by atoms with Crippen molar-refractivity contribution in [1.82, 2.24) is 19.7 Å². The molecule has 9 heteroatoms. The second kappa shape index (κ2) is 6.13. The van der Waals surface area contributed by atoms with Gasteiger partial charge in [0.25, 0.3) is 0 Å². The van der Waals surface area contributed by atoms with Gasteiger partial charge in [0, 0.05) is 29.5 Å². The molecule has 148 valence electrons. The van der Waals surface area contributed by atoms with Gasteiger partial charge in [0.05, 0.1) is 23.0 Å². The zero-order valence-corrected chi connectivity index (χ0v) is 16.7. The average Bonchev–Trinajstić information content (AvgIpc) is 3.25. The predicted molar refractivity (Wildman–Crippen MR) is 107 cm³/mol. The Kier molecular flexibility index (Phi) is 3.91. The standard InChI is InChI=1S/C19H23N5O3S/c1-12-10-24(7-8-27-12)18-16-14-4-3-13(28(25,26)23-19(2)5-6-19)9-15(14)22-17(16)20-11-21-18/h3-4,9,11-12,23H,5-8,10H2,1-2H3,(H,20,21,22)/t12-/m0/s1. The molecule has 2 aromatic heterocycles. The van der Waals surface area contributed by atoms with E-state index in [1.165, 1.54) is 0 Å². The molecule has 5 rings (SSSR count). The molecule has 2 N–H and O–H groups in total. The van der Waals surface area contributed by atoms with Crippen LogP contribution in [0.1, 0.15) is 26.7 Å². The highest BCUT2D eigenvalue weighted by atomic mass is 32.2. The molecule has 28 heavy (non-hydrogen) atoms. The minimum atomic E-state index is -3.56. The van der Waals surface area contributed by atoms with E-state index < -0.39 is 10.0 Å². The maximum Gasteiger partial charge on any atom is 0.241 e. The molecule has 0 unspecified atom stereocenters. The quantitative estimate of drug-likeness (QED) is 0.695. The summed E-state index contributed by atoms with van der Waals surface area (Å²) in [6.07, 6.45) is 3.42. The van der Waals surface area contributed by atoms with Gasteiger partial charge in [-0.05, 0) is 38.8 Å². The molecule has 1 aromatic carbocycles. The molecule has 1 aliphatic heterocycles. The van der Waals surface area contributed by atoms with Gasteiger partial charge in [-0.25, -0.2) is 23.1 Å². The smallest absolute Gasteiger partial charge is 0.241 e. The first-order valence-corrected chi connectivity index (χ1v) is 11.0. The number of hydrogen-bond donors (Lipinski definition) is 2. The first-order chi connectivity index (χ1) is 13.3. The Labute approximate surface area is 163 Å². The SMILES string of the molecule is C[C@H]1CN(c2ncnc3[nH]c4cc(S(=O)(=O)NC5(C)CC5)ccc4c23)CCO1. The highest BCUT2D eigenvalue weighted by Crippen LogP contribution is 2.37. The predicted octanol–water partition coefficient (Wildman–Crippen LogP) is 2.17. The van der Waals surface area contributed by atoms with E-state index in [4.69, 9.17) is 4.74 Å². The summed E-state index contributed by atoms with van der Waals surface area (Å²) in [4.78, 5) is 14.6. The van der Waals surface area contributed by atoms with Crippen molar-refractivity contribution in [3.05, 3.63) is 24.5 Å². The van der Waals surface area contributed by atoms with Crippen molar-refractivity contribution in [2.24, 2.45) is 0 Å². The Morgan fingerprint density at radius 3 is 2.89 bits per heavy atom. The number of nitrogens with zero attached hydrogens (tertiary/aromatic N) is 3. The second-order valence-corrected chi connectivity index (χ2v) is 9.73. The lowest BCUT2D eigenvalue weighted by molar-refractivity contribution is 0.0530. The minimum Gasteiger partial charge on any atom is -0.375 e. The monoisotopic (exact) mass is 401 g/mol. The summed E-state index contributed by atoms with van der Waals surface area (Å²) < 4.78 is 33.9. The van der Waals surface area contributed by atoms with Crippen molar-refractivity contribution in [3.63, 3.8) is 0 Å². The van der Waals surface area contributed by atoms with Crippen LogP contribution in [0.15, 0.2) is 29.4 Å². The number of benzene rings is 1. The zero-order valence-electron chi connectivity index (χ0n) is 15.9. The number of ether oxygens (including phenoxy) is 1. The number of morpholine rings is 1. The summed E-state index contributed by atoms with van der Waals surface area (Å²) in [5.41, 5.74) is 1.14. The van der Waals surface area contributed by atoms with Crippen LogP contribution >= 0.6 is 0 Å².